The number of benzene rings is 2. The standard InChI is InChI=1S/C30H39ClN2O2S/c1-3-4-5-6-7-8-9-10-11-12-19-35-29-27(17-14-18-28(29)31)30(34)32-26-16-13-15-25(20-26)22-33-21-24(2)36-23-33/h13-18,20-21,23H,3-12,19,22H2,1-2H3/p+1. The van der Waals surface area contributed by atoms with Gasteiger partial charge in [0.15, 0.2) is 18.5 Å². The Morgan fingerprint density at radius 3 is 2.36 bits per heavy atom. The van der Waals surface area contributed by atoms with E-state index < -0.39 is 0 Å². The summed E-state index contributed by atoms with van der Waals surface area (Å²) >= 11 is 8.14. The zero-order valence-electron chi connectivity index (χ0n) is 21.7. The molecule has 0 aliphatic heterocycles. The number of aromatic nitrogens is 1. The van der Waals surface area contributed by atoms with Gasteiger partial charge in [-0.05, 0) is 37.6 Å². The van der Waals surface area contributed by atoms with Gasteiger partial charge in [0.2, 0.25) is 5.51 Å². The minimum Gasteiger partial charge on any atom is -0.491 e. The number of nitrogens with one attached hydrogen (secondary N) is 1. The summed E-state index contributed by atoms with van der Waals surface area (Å²) in [5.41, 5.74) is 4.44. The molecule has 1 aromatic heterocycles. The van der Waals surface area contributed by atoms with Crippen molar-refractivity contribution in [1.82, 2.24) is 0 Å². The Kier molecular flexibility index (Phi) is 12.3. The van der Waals surface area contributed by atoms with Crippen LogP contribution in [0.15, 0.2) is 54.2 Å². The third-order valence-electron chi connectivity index (χ3n) is 6.23. The van der Waals surface area contributed by atoms with Crippen LogP contribution in [-0.4, -0.2) is 12.5 Å². The number of nitrogens with zero attached hydrogens (tertiary/aromatic N) is 1. The van der Waals surface area contributed by atoms with Crippen molar-refractivity contribution in [3.05, 3.63) is 75.2 Å². The molecule has 3 rings (SSSR count). The van der Waals surface area contributed by atoms with Crippen LogP contribution in [0.1, 0.15) is 91.9 Å². The summed E-state index contributed by atoms with van der Waals surface area (Å²) in [5.74, 6) is 0.250. The molecule has 4 nitrogen and oxygen atoms in total. The topological polar surface area (TPSA) is 42.2 Å². The highest BCUT2D eigenvalue weighted by Gasteiger charge is 2.16. The fourth-order valence-electron chi connectivity index (χ4n) is 4.28. The second-order valence-corrected chi connectivity index (χ2v) is 10.9. The van der Waals surface area contributed by atoms with Gasteiger partial charge in [-0.2, -0.15) is 4.57 Å². The first-order chi connectivity index (χ1) is 17.6. The van der Waals surface area contributed by atoms with E-state index in [4.69, 9.17) is 16.3 Å². The molecule has 2 aromatic carbocycles. The average molecular weight is 528 g/mol. The molecule has 0 aliphatic rings. The summed E-state index contributed by atoms with van der Waals surface area (Å²) in [4.78, 5) is 14.4. The highest BCUT2D eigenvalue weighted by Crippen LogP contribution is 2.30. The molecular weight excluding hydrogens is 488 g/mol. The average Bonchev–Trinajstić information content (AvgIpc) is 3.27. The normalized spacial score (nSPS) is 11.0. The minimum absolute atomic E-state index is 0.216. The van der Waals surface area contributed by atoms with Gasteiger partial charge in [-0.1, -0.05) is 106 Å². The molecule has 0 unspecified atom stereocenters. The van der Waals surface area contributed by atoms with Crippen LogP contribution in [0.4, 0.5) is 5.69 Å². The van der Waals surface area contributed by atoms with Crippen LogP contribution in [0, 0.1) is 6.92 Å². The number of hydrogen-bond acceptors (Lipinski definition) is 3. The van der Waals surface area contributed by atoms with E-state index in [1.165, 1.54) is 56.2 Å². The van der Waals surface area contributed by atoms with Gasteiger partial charge in [-0.25, -0.2) is 0 Å². The summed E-state index contributed by atoms with van der Waals surface area (Å²) in [6, 6.07) is 13.3. The lowest BCUT2D eigenvalue weighted by atomic mass is 10.1. The second kappa shape index (κ2) is 15.7. The number of ether oxygens (including phenoxy) is 1. The van der Waals surface area contributed by atoms with Gasteiger partial charge in [0, 0.05) is 11.3 Å². The Bertz CT molecular complexity index is 1080. The van der Waals surface area contributed by atoms with Crippen LogP contribution in [0.3, 0.4) is 0 Å². The summed E-state index contributed by atoms with van der Waals surface area (Å²) < 4.78 is 8.16. The summed E-state index contributed by atoms with van der Waals surface area (Å²) in [6.07, 6.45) is 14.8. The smallest absolute Gasteiger partial charge is 0.259 e. The number of carbonyl (C=O) groups is 1. The molecule has 36 heavy (non-hydrogen) atoms. The van der Waals surface area contributed by atoms with Crippen LogP contribution in [0.2, 0.25) is 5.02 Å². The third kappa shape index (κ3) is 9.59. The number of carbonyl (C=O) groups excluding carboxylic acids is 1. The van der Waals surface area contributed by atoms with Gasteiger partial charge in [0.05, 0.1) is 22.1 Å². The molecular formula is C30H40ClN2O2S+. The van der Waals surface area contributed by atoms with Crippen molar-refractivity contribution in [2.75, 3.05) is 11.9 Å². The van der Waals surface area contributed by atoms with Crippen LogP contribution in [0.25, 0.3) is 0 Å². The lowest BCUT2D eigenvalue weighted by molar-refractivity contribution is -0.683. The Morgan fingerprint density at radius 2 is 1.67 bits per heavy atom. The molecule has 1 heterocycles. The van der Waals surface area contributed by atoms with Gasteiger partial charge in [-0.15, -0.1) is 0 Å². The largest absolute Gasteiger partial charge is 0.491 e. The van der Waals surface area contributed by atoms with E-state index >= 15 is 0 Å². The molecule has 0 aliphatic carbocycles. The minimum atomic E-state index is -0.216. The van der Waals surface area contributed by atoms with Crippen molar-refractivity contribution in [3.63, 3.8) is 0 Å². The molecule has 1 amide bonds. The number of para-hydroxylation sites is 1. The SMILES string of the molecule is CCCCCCCCCCCCOc1c(Cl)cccc1C(=O)Nc1cccc(C[n+]2csc(C)c2)c1. The Morgan fingerprint density at radius 1 is 0.972 bits per heavy atom. The van der Waals surface area contributed by atoms with Crippen LogP contribution < -0.4 is 14.6 Å². The quantitative estimate of drug-likeness (QED) is 0.150. The van der Waals surface area contributed by atoms with E-state index in [1.54, 1.807) is 29.5 Å². The van der Waals surface area contributed by atoms with Crippen molar-refractivity contribution < 1.29 is 14.1 Å². The molecule has 0 fully saturated rings. The van der Waals surface area contributed by atoms with Crippen LogP contribution in [-0.2, 0) is 6.54 Å². The van der Waals surface area contributed by atoms with Crippen LogP contribution >= 0.6 is 22.9 Å². The van der Waals surface area contributed by atoms with Gasteiger partial charge in [0.25, 0.3) is 5.91 Å². The van der Waals surface area contributed by atoms with Crippen molar-refractivity contribution in [1.29, 1.82) is 0 Å². The first kappa shape index (κ1) is 28.2. The number of aryl methyl sites for hydroxylation is 1. The summed E-state index contributed by atoms with van der Waals surface area (Å²) in [6.45, 7) is 5.68. The van der Waals surface area contributed by atoms with E-state index in [2.05, 4.69) is 41.5 Å². The molecule has 0 saturated heterocycles. The zero-order chi connectivity index (χ0) is 25.6. The highest BCUT2D eigenvalue weighted by atomic mass is 35.5. The maximum absolute atomic E-state index is 13.1. The summed E-state index contributed by atoms with van der Waals surface area (Å²) in [5, 5.41) is 3.48. The maximum atomic E-state index is 13.1. The van der Waals surface area contributed by atoms with Crippen molar-refractivity contribution in [2.24, 2.45) is 0 Å². The molecule has 0 saturated carbocycles. The summed E-state index contributed by atoms with van der Waals surface area (Å²) in [7, 11) is 0. The lowest BCUT2D eigenvalue weighted by Crippen LogP contribution is -2.30. The first-order valence-corrected chi connectivity index (χ1v) is 14.6. The Hall–Kier alpha value is -2.37. The van der Waals surface area contributed by atoms with Crippen molar-refractivity contribution in [3.8, 4) is 5.75 Å². The predicted molar refractivity (Wildman–Crippen MR) is 152 cm³/mol. The van der Waals surface area contributed by atoms with E-state index in [-0.39, 0.29) is 5.91 Å². The van der Waals surface area contributed by atoms with E-state index in [1.807, 2.05) is 18.2 Å². The predicted octanol–water partition coefficient (Wildman–Crippen LogP) is 8.60. The van der Waals surface area contributed by atoms with Gasteiger partial charge < -0.3 is 10.1 Å². The fraction of sp³-hybridized carbons (Fsp3) is 0.467. The van der Waals surface area contributed by atoms with E-state index in [0.29, 0.717) is 22.9 Å². The third-order valence-corrected chi connectivity index (χ3v) is 7.38. The Labute approximate surface area is 225 Å². The molecule has 0 spiro atoms. The number of halogens is 1. The number of hydrogen-bond donors (Lipinski definition) is 1. The van der Waals surface area contributed by atoms with Gasteiger partial charge in [-0.3, -0.25) is 4.79 Å². The molecule has 0 bridgehead atoms. The van der Waals surface area contributed by atoms with E-state index in [0.717, 1.165) is 30.6 Å². The lowest BCUT2D eigenvalue weighted by Gasteiger charge is -2.13. The molecule has 0 atom stereocenters. The number of anilines is 1. The van der Waals surface area contributed by atoms with Gasteiger partial charge in [0.1, 0.15) is 0 Å². The number of rotatable bonds is 16. The maximum Gasteiger partial charge on any atom is 0.259 e. The monoisotopic (exact) mass is 527 g/mol. The number of amides is 1. The van der Waals surface area contributed by atoms with Crippen LogP contribution in [0.5, 0.6) is 5.75 Å². The molecule has 0 radical (unpaired) electrons. The molecule has 3 aromatic rings. The number of unbranched alkanes of at least 4 members (excludes halogenated alkanes) is 9. The fourth-order valence-corrected chi connectivity index (χ4v) is 5.15. The molecule has 194 valence electrons. The van der Waals surface area contributed by atoms with Crippen molar-refractivity contribution in [2.45, 2.75) is 84.6 Å². The van der Waals surface area contributed by atoms with Crippen molar-refractivity contribution >= 4 is 34.5 Å². The first-order valence-electron chi connectivity index (χ1n) is 13.3. The van der Waals surface area contributed by atoms with Gasteiger partial charge >= 0.3 is 0 Å². The van der Waals surface area contributed by atoms with E-state index in [9.17, 15) is 4.79 Å². The molecule has 6 heteroatoms. The number of thiazole rings is 1. The zero-order valence-corrected chi connectivity index (χ0v) is 23.3. The highest BCUT2D eigenvalue weighted by molar-refractivity contribution is 7.09. The molecule has 1 N–H and O–H groups in total. The Balaban J connectivity index is 1.47. The second-order valence-electron chi connectivity index (χ2n) is 9.44.